The number of morpholine rings is 1. The first-order valence-corrected chi connectivity index (χ1v) is 9.70. The van der Waals surface area contributed by atoms with Crippen LogP contribution in [0.25, 0.3) is 0 Å². The van der Waals surface area contributed by atoms with E-state index in [9.17, 15) is 14.4 Å². The molecule has 1 heterocycles. The van der Waals surface area contributed by atoms with Gasteiger partial charge in [-0.2, -0.15) is 0 Å². The van der Waals surface area contributed by atoms with Gasteiger partial charge in [-0.25, -0.2) is 0 Å². The van der Waals surface area contributed by atoms with E-state index in [-0.39, 0.29) is 36.4 Å². The number of nitrogens with zero attached hydrogens (tertiary/aromatic N) is 1. The summed E-state index contributed by atoms with van der Waals surface area (Å²) < 4.78 is 5.28. The van der Waals surface area contributed by atoms with Crippen LogP contribution in [-0.2, 0) is 14.3 Å². The van der Waals surface area contributed by atoms with Gasteiger partial charge in [0, 0.05) is 31.5 Å². The fraction of sp³-hybridized carbons (Fsp3) is 0.550. The Morgan fingerprint density at radius 1 is 1.15 bits per heavy atom. The maximum absolute atomic E-state index is 12.7. The van der Waals surface area contributed by atoms with E-state index in [2.05, 4.69) is 5.32 Å². The van der Waals surface area contributed by atoms with E-state index < -0.39 is 6.04 Å². The molecule has 148 valence electrons. The molecule has 1 N–H and O–H groups in total. The van der Waals surface area contributed by atoms with Crippen molar-refractivity contribution in [2.75, 3.05) is 26.3 Å². The predicted octanol–water partition coefficient (Wildman–Crippen LogP) is 2.69. The van der Waals surface area contributed by atoms with Crippen LogP contribution in [0, 0.1) is 5.92 Å². The zero-order chi connectivity index (χ0) is 19.8. The van der Waals surface area contributed by atoms with Crippen molar-refractivity contribution in [2.45, 2.75) is 39.2 Å². The minimum atomic E-state index is -0.578. The number of halogens is 1. The van der Waals surface area contributed by atoms with Gasteiger partial charge in [0.25, 0.3) is 0 Å². The van der Waals surface area contributed by atoms with Gasteiger partial charge in [0.15, 0.2) is 5.78 Å². The first-order chi connectivity index (χ1) is 12.9. The van der Waals surface area contributed by atoms with Crippen molar-refractivity contribution in [1.82, 2.24) is 10.2 Å². The second-order valence-corrected chi connectivity index (χ2v) is 7.50. The number of carbonyl (C=O) groups excluding carboxylic acids is 3. The molecule has 6 nitrogen and oxygen atoms in total. The van der Waals surface area contributed by atoms with Crippen LogP contribution < -0.4 is 5.32 Å². The summed E-state index contributed by atoms with van der Waals surface area (Å²) in [6, 6.07) is 6.20. The van der Waals surface area contributed by atoms with E-state index in [0.717, 1.165) is 0 Å². The molecule has 2 amide bonds. The Morgan fingerprint density at radius 3 is 2.44 bits per heavy atom. The minimum Gasteiger partial charge on any atom is -0.378 e. The molecule has 0 radical (unpaired) electrons. The van der Waals surface area contributed by atoms with Crippen LogP contribution in [-0.4, -0.2) is 54.8 Å². The summed E-state index contributed by atoms with van der Waals surface area (Å²) in [5.41, 5.74) is 0.412. The van der Waals surface area contributed by atoms with Gasteiger partial charge in [0.1, 0.15) is 6.04 Å². The monoisotopic (exact) mass is 394 g/mol. The number of Topliss-reactive ketones (excluding diaryl/α,β-unsaturated/α-hetero) is 1. The Bertz CT molecular complexity index is 672. The molecule has 1 unspecified atom stereocenters. The number of ketones is 1. The summed E-state index contributed by atoms with van der Waals surface area (Å²) in [6.45, 7) is 6.11. The summed E-state index contributed by atoms with van der Waals surface area (Å²) in [7, 11) is 0. The lowest BCUT2D eigenvalue weighted by Crippen LogP contribution is -2.52. The SMILES string of the molecule is CC(C)CC(NC(=O)CCC(=O)c1ccccc1Cl)C(=O)N1CCOCC1. The van der Waals surface area contributed by atoms with Crippen LogP contribution in [0.3, 0.4) is 0 Å². The summed E-state index contributed by atoms with van der Waals surface area (Å²) in [5, 5.41) is 3.19. The minimum absolute atomic E-state index is 0.0229. The standard InChI is InChI=1S/C20H27ClN2O4/c1-14(2)13-17(20(26)23-9-11-27-12-10-23)22-19(25)8-7-18(24)15-5-3-4-6-16(15)21/h3-6,14,17H,7-13H2,1-2H3,(H,22,25). The highest BCUT2D eigenvalue weighted by atomic mass is 35.5. The quantitative estimate of drug-likeness (QED) is 0.688. The van der Waals surface area contributed by atoms with Crippen molar-refractivity contribution >= 4 is 29.2 Å². The van der Waals surface area contributed by atoms with Crippen LogP contribution in [0.15, 0.2) is 24.3 Å². The highest BCUT2D eigenvalue weighted by Crippen LogP contribution is 2.17. The van der Waals surface area contributed by atoms with Gasteiger partial charge < -0.3 is 15.0 Å². The number of hydrogen-bond acceptors (Lipinski definition) is 4. The molecule has 1 aromatic rings. The summed E-state index contributed by atoms with van der Waals surface area (Å²) >= 11 is 6.02. The Balaban J connectivity index is 1.91. The van der Waals surface area contributed by atoms with E-state index in [1.165, 1.54) is 0 Å². The lowest BCUT2D eigenvalue weighted by atomic mass is 10.0. The van der Waals surface area contributed by atoms with Crippen molar-refractivity contribution in [3.63, 3.8) is 0 Å². The lowest BCUT2D eigenvalue weighted by Gasteiger charge is -2.31. The molecular formula is C20H27ClN2O4. The predicted molar refractivity (Wildman–Crippen MR) is 104 cm³/mol. The van der Waals surface area contributed by atoms with Crippen molar-refractivity contribution in [1.29, 1.82) is 0 Å². The Morgan fingerprint density at radius 2 is 1.81 bits per heavy atom. The van der Waals surface area contributed by atoms with Crippen LogP contribution in [0.5, 0.6) is 0 Å². The Hall–Kier alpha value is -1.92. The highest BCUT2D eigenvalue weighted by Gasteiger charge is 2.28. The van der Waals surface area contributed by atoms with Crippen molar-refractivity contribution < 1.29 is 19.1 Å². The number of benzene rings is 1. The molecule has 1 saturated heterocycles. The third-order valence-corrected chi connectivity index (χ3v) is 4.75. The number of ether oxygens (including phenoxy) is 1. The number of rotatable bonds is 8. The number of hydrogen-bond donors (Lipinski definition) is 1. The molecule has 1 aliphatic heterocycles. The van der Waals surface area contributed by atoms with Gasteiger partial charge in [-0.1, -0.05) is 37.6 Å². The molecule has 27 heavy (non-hydrogen) atoms. The van der Waals surface area contributed by atoms with Gasteiger partial charge in [0.2, 0.25) is 11.8 Å². The summed E-state index contributed by atoms with van der Waals surface area (Å²) in [6.07, 6.45) is 0.630. The van der Waals surface area contributed by atoms with E-state index in [0.29, 0.717) is 43.3 Å². The molecular weight excluding hydrogens is 368 g/mol. The first kappa shape index (κ1) is 21.4. The number of carbonyl (C=O) groups is 3. The molecule has 1 aliphatic rings. The van der Waals surface area contributed by atoms with Gasteiger partial charge in [-0.05, 0) is 24.5 Å². The van der Waals surface area contributed by atoms with Crippen LogP contribution in [0.4, 0.5) is 0 Å². The average molecular weight is 395 g/mol. The third kappa shape index (κ3) is 6.63. The normalized spacial score (nSPS) is 15.5. The second kappa shape index (κ2) is 10.4. The van der Waals surface area contributed by atoms with Gasteiger partial charge >= 0.3 is 0 Å². The van der Waals surface area contributed by atoms with Gasteiger partial charge in [0.05, 0.1) is 18.2 Å². The molecule has 0 aliphatic carbocycles. The Labute approximate surface area is 165 Å². The highest BCUT2D eigenvalue weighted by molar-refractivity contribution is 6.34. The average Bonchev–Trinajstić information content (AvgIpc) is 2.65. The number of amides is 2. The topological polar surface area (TPSA) is 75.7 Å². The first-order valence-electron chi connectivity index (χ1n) is 9.32. The summed E-state index contributed by atoms with van der Waals surface area (Å²) in [4.78, 5) is 39.1. The molecule has 1 fully saturated rings. The fourth-order valence-corrected chi connectivity index (χ4v) is 3.25. The molecule has 0 spiro atoms. The van der Waals surface area contributed by atoms with E-state index in [4.69, 9.17) is 16.3 Å². The van der Waals surface area contributed by atoms with Crippen molar-refractivity contribution in [3.8, 4) is 0 Å². The van der Waals surface area contributed by atoms with Gasteiger partial charge in [-0.15, -0.1) is 0 Å². The summed E-state index contributed by atoms with van der Waals surface area (Å²) in [5.74, 6) is -0.318. The van der Waals surface area contributed by atoms with Crippen LogP contribution in [0.2, 0.25) is 5.02 Å². The zero-order valence-electron chi connectivity index (χ0n) is 15.9. The molecule has 2 rings (SSSR count). The third-order valence-electron chi connectivity index (χ3n) is 4.42. The molecule has 0 aromatic heterocycles. The van der Waals surface area contributed by atoms with Crippen molar-refractivity contribution in [2.24, 2.45) is 5.92 Å². The van der Waals surface area contributed by atoms with Crippen LogP contribution in [0.1, 0.15) is 43.5 Å². The lowest BCUT2D eigenvalue weighted by molar-refractivity contribution is -0.140. The molecule has 1 atom stereocenters. The van der Waals surface area contributed by atoms with E-state index in [1.807, 2.05) is 13.8 Å². The van der Waals surface area contributed by atoms with Gasteiger partial charge in [-0.3, -0.25) is 14.4 Å². The molecule has 0 bridgehead atoms. The second-order valence-electron chi connectivity index (χ2n) is 7.09. The Kier molecular flexibility index (Phi) is 8.25. The zero-order valence-corrected chi connectivity index (χ0v) is 16.6. The van der Waals surface area contributed by atoms with Crippen molar-refractivity contribution in [3.05, 3.63) is 34.9 Å². The largest absolute Gasteiger partial charge is 0.378 e. The van der Waals surface area contributed by atoms with Crippen LogP contribution >= 0.6 is 11.6 Å². The maximum atomic E-state index is 12.7. The number of nitrogens with one attached hydrogen (secondary N) is 1. The molecule has 1 aromatic carbocycles. The molecule has 0 saturated carbocycles. The van der Waals surface area contributed by atoms with E-state index in [1.54, 1.807) is 29.2 Å². The molecule has 7 heteroatoms. The maximum Gasteiger partial charge on any atom is 0.245 e. The smallest absolute Gasteiger partial charge is 0.245 e. The fourth-order valence-electron chi connectivity index (χ4n) is 3.01. The van der Waals surface area contributed by atoms with E-state index >= 15 is 0 Å².